The van der Waals surface area contributed by atoms with E-state index in [4.69, 9.17) is 9.47 Å². The van der Waals surface area contributed by atoms with Crippen molar-refractivity contribution in [2.45, 2.75) is 13.8 Å². The Labute approximate surface area is 119 Å². The summed E-state index contributed by atoms with van der Waals surface area (Å²) in [6.45, 7) is 3.95. The van der Waals surface area contributed by atoms with E-state index in [9.17, 15) is 4.79 Å². The molecule has 3 nitrogen and oxygen atoms in total. The SMILES string of the molecule is COc1cc(C)ccc1C(=O)COc1cccc(C)c1. The van der Waals surface area contributed by atoms with Crippen LogP contribution < -0.4 is 9.47 Å². The number of methoxy groups -OCH3 is 1. The van der Waals surface area contributed by atoms with Crippen molar-refractivity contribution in [1.29, 1.82) is 0 Å². The minimum atomic E-state index is -0.0941. The number of benzene rings is 2. The molecule has 20 heavy (non-hydrogen) atoms. The van der Waals surface area contributed by atoms with Gasteiger partial charge in [0.25, 0.3) is 0 Å². The summed E-state index contributed by atoms with van der Waals surface area (Å²) in [5.41, 5.74) is 2.70. The Morgan fingerprint density at radius 3 is 2.50 bits per heavy atom. The van der Waals surface area contributed by atoms with Gasteiger partial charge in [0.15, 0.2) is 6.61 Å². The zero-order valence-corrected chi connectivity index (χ0v) is 12.0. The summed E-state index contributed by atoms with van der Waals surface area (Å²) in [7, 11) is 1.56. The van der Waals surface area contributed by atoms with Crippen LogP contribution in [0.5, 0.6) is 11.5 Å². The van der Waals surface area contributed by atoms with Gasteiger partial charge >= 0.3 is 0 Å². The van der Waals surface area contributed by atoms with Gasteiger partial charge in [-0.1, -0.05) is 18.2 Å². The first kappa shape index (κ1) is 14.1. The smallest absolute Gasteiger partial charge is 0.203 e. The van der Waals surface area contributed by atoms with Gasteiger partial charge in [0.1, 0.15) is 11.5 Å². The summed E-state index contributed by atoms with van der Waals surface area (Å²) >= 11 is 0. The zero-order valence-electron chi connectivity index (χ0n) is 12.0. The first-order valence-corrected chi connectivity index (χ1v) is 6.47. The number of carbonyl (C=O) groups is 1. The number of hydrogen-bond donors (Lipinski definition) is 0. The fraction of sp³-hybridized carbons (Fsp3) is 0.235. The van der Waals surface area contributed by atoms with Crippen molar-refractivity contribution >= 4 is 5.78 Å². The molecule has 0 saturated carbocycles. The molecule has 2 aromatic rings. The van der Waals surface area contributed by atoms with Crippen molar-refractivity contribution in [1.82, 2.24) is 0 Å². The number of carbonyl (C=O) groups excluding carboxylic acids is 1. The predicted molar refractivity (Wildman–Crippen MR) is 78.7 cm³/mol. The third kappa shape index (κ3) is 3.38. The van der Waals surface area contributed by atoms with E-state index in [0.29, 0.717) is 17.1 Å². The Bertz CT molecular complexity index is 617. The maximum atomic E-state index is 12.2. The van der Waals surface area contributed by atoms with Gasteiger partial charge in [-0.3, -0.25) is 4.79 Å². The lowest BCUT2D eigenvalue weighted by Gasteiger charge is -2.10. The van der Waals surface area contributed by atoms with E-state index in [-0.39, 0.29) is 12.4 Å². The van der Waals surface area contributed by atoms with Crippen molar-refractivity contribution in [3.63, 3.8) is 0 Å². The van der Waals surface area contributed by atoms with Gasteiger partial charge in [-0.2, -0.15) is 0 Å². The molecule has 0 heterocycles. The van der Waals surface area contributed by atoms with Crippen LogP contribution in [0.25, 0.3) is 0 Å². The molecule has 0 radical (unpaired) electrons. The van der Waals surface area contributed by atoms with Crippen molar-refractivity contribution in [3.8, 4) is 11.5 Å². The standard InChI is InChI=1S/C17H18O3/c1-12-5-4-6-14(9-12)20-11-16(18)15-8-7-13(2)10-17(15)19-3/h4-10H,11H2,1-3H3. The minimum absolute atomic E-state index is 0.00285. The Morgan fingerprint density at radius 1 is 1.05 bits per heavy atom. The van der Waals surface area contributed by atoms with Crippen molar-refractivity contribution < 1.29 is 14.3 Å². The van der Waals surface area contributed by atoms with Crippen LogP contribution in [0.3, 0.4) is 0 Å². The largest absolute Gasteiger partial charge is 0.496 e. The summed E-state index contributed by atoms with van der Waals surface area (Å²) in [6, 6.07) is 13.1. The highest BCUT2D eigenvalue weighted by molar-refractivity contribution is 5.99. The zero-order chi connectivity index (χ0) is 14.5. The van der Waals surface area contributed by atoms with Crippen LogP contribution in [0.4, 0.5) is 0 Å². The summed E-state index contributed by atoms with van der Waals surface area (Å²) in [4.78, 5) is 12.2. The molecule has 0 atom stereocenters. The number of ether oxygens (including phenoxy) is 2. The second kappa shape index (κ2) is 6.24. The monoisotopic (exact) mass is 270 g/mol. The normalized spacial score (nSPS) is 10.2. The summed E-state index contributed by atoms with van der Waals surface area (Å²) in [6.07, 6.45) is 0. The molecule has 3 heteroatoms. The molecule has 2 rings (SSSR count). The van der Waals surface area contributed by atoms with E-state index < -0.39 is 0 Å². The van der Waals surface area contributed by atoms with Crippen molar-refractivity contribution in [2.24, 2.45) is 0 Å². The topological polar surface area (TPSA) is 35.5 Å². The second-order valence-electron chi connectivity index (χ2n) is 4.73. The molecule has 0 aliphatic heterocycles. The molecule has 0 unspecified atom stereocenters. The lowest BCUT2D eigenvalue weighted by atomic mass is 10.1. The molecule has 0 aliphatic carbocycles. The summed E-state index contributed by atoms with van der Waals surface area (Å²) < 4.78 is 10.8. The van der Waals surface area contributed by atoms with Crippen LogP contribution in [-0.2, 0) is 0 Å². The fourth-order valence-electron chi connectivity index (χ4n) is 1.96. The molecule has 2 aromatic carbocycles. The minimum Gasteiger partial charge on any atom is -0.496 e. The quantitative estimate of drug-likeness (QED) is 0.779. The van der Waals surface area contributed by atoms with Crippen LogP contribution in [0.15, 0.2) is 42.5 Å². The van der Waals surface area contributed by atoms with E-state index in [2.05, 4.69) is 0 Å². The molecule has 0 saturated heterocycles. The number of hydrogen-bond acceptors (Lipinski definition) is 3. The van der Waals surface area contributed by atoms with Crippen LogP contribution in [0, 0.1) is 13.8 Å². The average molecular weight is 270 g/mol. The van der Waals surface area contributed by atoms with E-state index in [1.807, 2.05) is 50.2 Å². The number of rotatable bonds is 5. The van der Waals surface area contributed by atoms with Crippen LogP contribution in [-0.4, -0.2) is 19.5 Å². The highest BCUT2D eigenvalue weighted by Gasteiger charge is 2.13. The van der Waals surface area contributed by atoms with E-state index in [1.54, 1.807) is 13.2 Å². The van der Waals surface area contributed by atoms with E-state index in [1.165, 1.54) is 0 Å². The third-order valence-electron chi connectivity index (χ3n) is 3.02. The molecule has 0 bridgehead atoms. The van der Waals surface area contributed by atoms with Gasteiger partial charge in [0.05, 0.1) is 12.7 Å². The Balaban J connectivity index is 2.09. The lowest BCUT2D eigenvalue weighted by molar-refractivity contribution is 0.0918. The second-order valence-corrected chi connectivity index (χ2v) is 4.73. The lowest BCUT2D eigenvalue weighted by Crippen LogP contribution is -2.13. The van der Waals surface area contributed by atoms with E-state index >= 15 is 0 Å². The molecule has 0 aromatic heterocycles. The first-order chi connectivity index (χ1) is 9.60. The fourth-order valence-corrected chi connectivity index (χ4v) is 1.96. The summed E-state index contributed by atoms with van der Waals surface area (Å²) in [5, 5.41) is 0. The summed E-state index contributed by atoms with van der Waals surface area (Å²) in [5.74, 6) is 1.19. The molecular weight excluding hydrogens is 252 g/mol. The molecule has 0 N–H and O–H groups in total. The molecule has 0 spiro atoms. The van der Waals surface area contributed by atoms with Crippen molar-refractivity contribution in [3.05, 3.63) is 59.2 Å². The van der Waals surface area contributed by atoms with Gasteiger partial charge in [0.2, 0.25) is 5.78 Å². The number of aryl methyl sites for hydroxylation is 2. The van der Waals surface area contributed by atoms with E-state index in [0.717, 1.165) is 11.1 Å². The average Bonchev–Trinajstić information content (AvgIpc) is 2.44. The van der Waals surface area contributed by atoms with Gasteiger partial charge in [-0.15, -0.1) is 0 Å². The van der Waals surface area contributed by atoms with Gasteiger partial charge < -0.3 is 9.47 Å². The Hall–Kier alpha value is -2.29. The highest BCUT2D eigenvalue weighted by Crippen LogP contribution is 2.21. The molecular formula is C17H18O3. The van der Waals surface area contributed by atoms with Gasteiger partial charge in [0, 0.05) is 0 Å². The van der Waals surface area contributed by atoms with Crippen LogP contribution in [0.2, 0.25) is 0 Å². The first-order valence-electron chi connectivity index (χ1n) is 6.47. The number of Topliss-reactive ketones (excluding diaryl/α,β-unsaturated/α-hetero) is 1. The number of ketones is 1. The van der Waals surface area contributed by atoms with Gasteiger partial charge in [-0.25, -0.2) is 0 Å². The maximum Gasteiger partial charge on any atom is 0.203 e. The third-order valence-corrected chi connectivity index (χ3v) is 3.02. The van der Waals surface area contributed by atoms with Gasteiger partial charge in [-0.05, 0) is 49.2 Å². The Kier molecular flexibility index (Phi) is 4.41. The molecule has 0 amide bonds. The van der Waals surface area contributed by atoms with Crippen molar-refractivity contribution in [2.75, 3.05) is 13.7 Å². The molecule has 0 fully saturated rings. The highest BCUT2D eigenvalue weighted by atomic mass is 16.5. The Morgan fingerprint density at radius 2 is 1.80 bits per heavy atom. The maximum absolute atomic E-state index is 12.2. The molecule has 104 valence electrons. The van der Waals surface area contributed by atoms with Crippen LogP contribution in [0.1, 0.15) is 21.5 Å². The molecule has 0 aliphatic rings. The van der Waals surface area contributed by atoms with Crippen LogP contribution >= 0.6 is 0 Å². The predicted octanol–water partition coefficient (Wildman–Crippen LogP) is 3.57.